The molecule has 0 saturated carbocycles. The van der Waals surface area contributed by atoms with Gasteiger partial charge in [0.1, 0.15) is 0 Å². The molecule has 94 valence electrons. The fourth-order valence-corrected chi connectivity index (χ4v) is 1.28. The van der Waals surface area contributed by atoms with Crippen molar-refractivity contribution in [2.45, 2.75) is 6.92 Å². The Bertz CT molecular complexity index is 369. The molecule has 0 heterocycles. The van der Waals surface area contributed by atoms with Gasteiger partial charge in [0.2, 0.25) is 0 Å². The van der Waals surface area contributed by atoms with Crippen LogP contribution in [-0.4, -0.2) is 37.7 Å². The second kappa shape index (κ2) is 6.75. The lowest BCUT2D eigenvalue weighted by molar-refractivity contribution is 0.128. The number of nitrogens with one attached hydrogen (secondary N) is 1. The van der Waals surface area contributed by atoms with Crippen molar-refractivity contribution >= 4 is 17.4 Å². The molecule has 3 N–H and O–H groups in total. The Morgan fingerprint density at radius 2 is 2.29 bits per heavy atom. The van der Waals surface area contributed by atoms with Gasteiger partial charge in [0.25, 0.3) is 0 Å². The van der Waals surface area contributed by atoms with Crippen LogP contribution in [0.3, 0.4) is 0 Å². The highest BCUT2D eigenvalue weighted by Crippen LogP contribution is 2.12. The van der Waals surface area contributed by atoms with Gasteiger partial charge in [-0.1, -0.05) is 6.07 Å². The summed E-state index contributed by atoms with van der Waals surface area (Å²) >= 11 is 0. The summed E-state index contributed by atoms with van der Waals surface area (Å²) in [5, 5.41) is 2.76. The molecule has 0 aliphatic heterocycles. The fraction of sp³-hybridized carbons (Fsp3) is 0.417. The van der Waals surface area contributed by atoms with Crippen LogP contribution in [0.1, 0.15) is 6.92 Å². The first-order valence-electron chi connectivity index (χ1n) is 5.59. The molecule has 0 fully saturated rings. The molecule has 0 saturated heterocycles. The van der Waals surface area contributed by atoms with Crippen LogP contribution in [0.5, 0.6) is 0 Å². The third kappa shape index (κ3) is 4.74. The van der Waals surface area contributed by atoms with Crippen molar-refractivity contribution in [3.8, 4) is 0 Å². The minimum atomic E-state index is -0.171. The van der Waals surface area contributed by atoms with Crippen molar-refractivity contribution in [2.24, 2.45) is 0 Å². The normalized spacial score (nSPS) is 10.0. The number of nitrogens with two attached hydrogens (primary N) is 1. The average molecular weight is 237 g/mol. The maximum atomic E-state index is 11.7. The van der Waals surface area contributed by atoms with Crippen LogP contribution in [0.2, 0.25) is 0 Å². The van der Waals surface area contributed by atoms with Crippen molar-refractivity contribution in [3.63, 3.8) is 0 Å². The minimum absolute atomic E-state index is 0.171. The molecule has 0 radical (unpaired) electrons. The van der Waals surface area contributed by atoms with Crippen LogP contribution in [0.25, 0.3) is 0 Å². The fourth-order valence-electron chi connectivity index (χ4n) is 1.28. The molecule has 0 atom stereocenters. The van der Waals surface area contributed by atoms with Crippen LogP contribution >= 0.6 is 0 Å². The largest absolute Gasteiger partial charge is 0.399 e. The van der Waals surface area contributed by atoms with Gasteiger partial charge in [-0.15, -0.1) is 0 Å². The second-order valence-corrected chi connectivity index (χ2v) is 3.67. The van der Waals surface area contributed by atoms with Crippen molar-refractivity contribution in [2.75, 3.05) is 37.9 Å². The van der Waals surface area contributed by atoms with Crippen molar-refractivity contribution < 1.29 is 9.53 Å². The standard InChI is InChI=1S/C12H19N3O2/c1-3-17-8-7-15(2)12(16)14-11-6-4-5-10(13)9-11/h4-6,9H,3,7-8,13H2,1-2H3,(H,14,16). The monoisotopic (exact) mass is 237 g/mol. The summed E-state index contributed by atoms with van der Waals surface area (Å²) in [5.74, 6) is 0. The first-order valence-corrected chi connectivity index (χ1v) is 5.59. The van der Waals surface area contributed by atoms with E-state index in [0.717, 1.165) is 0 Å². The van der Waals surface area contributed by atoms with Crippen molar-refractivity contribution in [3.05, 3.63) is 24.3 Å². The smallest absolute Gasteiger partial charge is 0.321 e. The highest BCUT2D eigenvalue weighted by molar-refractivity contribution is 5.89. The van der Waals surface area contributed by atoms with Gasteiger partial charge in [0.05, 0.1) is 6.61 Å². The number of nitrogens with zero attached hydrogens (tertiary/aromatic N) is 1. The summed E-state index contributed by atoms with van der Waals surface area (Å²) in [6.45, 7) is 3.68. The first kappa shape index (κ1) is 13.3. The summed E-state index contributed by atoms with van der Waals surface area (Å²) in [6.07, 6.45) is 0. The topological polar surface area (TPSA) is 67.6 Å². The molecule has 1 aromatic rings. The Balaban J connectivity index is 2.43. The summed E-state index contributed by atoms with van der Waals surface area (Å²) in [4.78, 5) is 13.3. The van der Waals surface area contributed by atoms with Crippen LogP contribution in [0.15, 0.2) is 24.3 Å². The van der Waals surface area contributed by atoms with E-state index in [1.807, 2.05) is 6.92 Å². The van der Waals surface area contributed by atoms with Crippen LogP contribution in [0, 0.1) is 0 Å². The predicted molar refractivity (Wildman–Crippen MR) is 69.0 cm³/mol. The molecule has 0 unspecified atom stereocenters. The molecule has 0 aliphatic rings. The zero-order valence-corrected chi connectivity index (χ0v) is 10.3. The van der Waals surface area contributed by atoms with Crippen LogP contribution < -0.4 is 11.1 Å². The Hall–Kier alpha value is -1.75. The van der Waals surface area contributed by atoms with Crippen molar-refractivity contribution in [1.82, 2.24) is 4.90 Å². The Labute approximate surface area is 102 Å². The van der Waals surface area contributed by atoms with Gasteiger partial charge < -0.3 is 20.7 Å². The van der Waals surface area contributed by atoms with E-state index in [1.165, 1.54) is 0 Å². The minimum Gasteiger partial charge on any atom is -0.399 e. The molecule has 0 aromatic heterocycles. The number of nitrogen functional groups attached to an aromatic ring is 1. The lowest BCUT2D eigenvalue weighted by Crippen LogP contribution is -2.34. The van der Waals surface area contributed by atoms with Crippen molar-refractivity contribution in [1.29, 1.82) is 0 Å². The van der Waals surface area contributed by atoms with Crippen LogP contribution in [-0.2, 0) is 4.74 Å². The SMILES string of the molecule is CCOCCN(C)C(=O)Nc1cccc(N)c1. The number of likely N-dealkylation sites (N-methyl/N-ethyl adjacent to an activating group) is 1. The number of carbonyl (C=O) groups excluding carboxylic acids is 1. The molecule has 1 rings (SSSR count). The molecule has 17 heavy (non-hydrogen) atoms. The van der Waals surface area contributed by atoms with Gasteiger partial charge >= 0.3 is 6.03 Å². The molecular weight excluding hydrogens is 218 g/mol. The molecule has 2 amide bonds. The number of ether oxygens (including phenoxy) is 1. The summed E-state index contributed by atoms with van der Waals surface area (Å²) in [5.41, 5.74) is 6.94. The Morgan fingerprint density at radius 3 is 2.94 bits per heavy atom. The molecule has 1 aromatic carbocycles. The molecule has 0 spiro atoms. The van der Waals surface area contributed by atoms with Gasteiger partial charge in [0, 0.05) is 31.6 Å². The average Bonchev–Trinajstić information content (AvgIpc) is 2.29. The summed E-state index contributed by atoms with van der Waals surface area (Å²) in [6, 6.07) is 6.91. The highest BCUT2D eigenvalue weighted by Gasteiger charge is 2.08. The molecule has 0 bridgehead atoms. The van der Waals surface area contributed by atoms with Gasteiger partial charge in [-0.3, -0.25) is 0 Å². The van der Waals surface area contributed by atoms with Gasteiger partial charge in [-0.2, -0.15) is 0 Å². The zero-order valence-electron chi connectivity index (χ0n) is 10.3. The third-order valence-corrected chi connectivity index (χ3v) is 2.26. The summed E-state index contributed by atoms with van der Waals surface area (Å²) in [7, 11) is 1.72. The number of amides is 2. The number of benzene rings is 1. The zero-order chi connectivity index (χ0) is 12.7. The molecular formula is C12H19N3O2. The number of carbonyl (C=O) groups is 1. The van der Waals surface area contributed by atoms with Gasteiger partial charge in [-0.05, 0) is 25.1 Å². The van der Waals surface area contributed by atoms with E-state index < -0.39 is 0 Å². The van der Waals surface area contributed by atoms with E-state index in [-0.39, 0.29) is 6.03 Å². The lowest BCUT2D eigenvalue weighted by Gasteiger charge is -2.17. The molecule has 5 heteroatoms. The van der Waals surface area contributed by atoms with Crippen LogP contribution in [0.4, 0.5) is 16.2 Å². The van der Waals surface area contributed by atoms with E-state index in [1.54, 1.807) is 36.2 Å². The Morgan fingerprint density at radius 1 is 1.53 bits per heavy atom. The lowest BCUT2D eigenvalue weighted by atomic mass is 10.3. The van der Waals surface area contributed by atoms with E-state index in [0.29, 0.717) is 31.1 Å². The third-order valence-electron chi connectivity index (χ3n) is 2.26. The van der Waals surface area contributed by atoms with Gasteiger partial charge in [0.15, 0.2) is 0 Å². The first-order chi connectivity index (χ1) is 8.13. The van der Waals surface area contributed by atoms with E-state index in [2.05, 4.69) is 5.32 Å². The molecule has 5 nitrogen and oxygen atoms in total. The quantitative estimate of drug-likeness (QED) is 0.605. The summed E-state index contributed by atoms with van der Waals surface area (Å²) < 4.78 is 5.18. The number of rotatable bonds is 5. The molecule has 0 aliphatic carbocycles. The Kier molecular flexibility index (Phi) is 5.29. The number of urea groups is 1. The number of hydrogen-bond acceptors (Lipinski definition) is 3. The maximum Gasteiger partial charge on any atom is 0.321 e. The second-order valence-electron chi connectivity index (χ2n) is 3.67. The van der Waals surface area contributed by atoms with E-state index in [9.17, 15) is 4.79 Å². The van der Waals surface area contributed by atoms with E-state index in [4.69, 9.17) is 10.5 Å². The highest BCUT2D eigenvalue weighted by atomic mass is 16.5. The number of anilines is 2. The maximum absolute atomic E-state index is 11.7. The number of hydrogen-bond donors (Lipinski definition) is 2. The predicted octanol–water partition coefficient (Wildman–Crippen LogP) is 1.77. The van der Waals surface area contributed by atoms with Gasteiger partial charge in [-0.25, -0.2) is 4.79 Å². The van der Waals surface area contributed by atoms with E-state index >= 15 is 0 Å².